The van der Waals surface area contributed by atoms with Crippen molar-refractivity contribution in [3.63, 3.8) is 0 Å². The second kappa shape index (κ2) is 9.99. The van der Waals surface area contributed by atoms with E-state index in [1.807, 2.05) is 48.5 Å². The van der Waals surface area contributed by atoms with Gasteiger partial charge in [-0.05, 0) is 24.1 Å². The summed E-state index contributed by atoms with van der Waals surface area (Å²) >= 11 is 0. The molecule has 2 amide bonds. The van der Waals surface area contributed by atoms with Crippen LogP contribution in [0.5, 0.6) is 0 Å². The minimum absolute atomic E-state index is 0.269. The maximum Gasteiger partial charge on any atom is 0.315 e. The summed E-state index contributed by atoms with van der Waals surface area (Å²) in [6.07, 6.45) is 2.48. The summed E-state index contributed by atoms with van der Waals surface area (Å²) in [6, 6.07) is 14.8. The lowest BCUT2D eigenvalue weighted by molar-refractivity contribution is -0.145. The van der Waals surface area contributed by atoms with Crippen molar-refractivity contribution in [1.29, 1.82) is 0 Å². The normalized spacial score (nSPS) is 10.0. The van der Waals surface area contributed by atoms with Crippen LogP contribution in [0.2, 0.25) is 0 Å². The summed E-state index contributed by atoms with van der Waals surface area (Å²) in [7, 11) is 0. The lowest BCUT2D eigenvalue weighted by Gasteiger charge is -2.07. The highest BCUT2D eigenvalue weighted by Crippen LogP contribution is 2.02. The quantitative estimate of drug-likeness (QED) is 0.576. The molecule has 0 unspecified atom stereocenters. The van der Waals surface area contributed by atoms with Gasteiger partial charge in [-0.1, -0.05) is 36.4 Å². The maximum atomic E-state index is 11.6. The molecule has 24 heavy (non-hydrogen) atoms. The van der Waals surface area contributed by atoms with Gasteiger partial charge < -0.3 is 15.4 Å². The van der Waals surface area contributed by atoms with Crippen LogP contribution in [0.25, 0.3) is 0 Å². The van der Waals surface area contributed by atoms with Crippen LogP contribution < -0.4 is 10.6 Å². The average molecular weight is 327 g/mol. The largest absolute Gasteiger partial charge is 0.461 e. The highest BCUT2D eigenvalue weighted by Gasteiger charge is 2.05. The van der Waals surface area contributed by atoms with E-state index >= 15 is 0 Å². The van der Waals surface area contributed by atoms with Crippen molar-refractivity contribution < 1.29 is 14.3 Å². The molecule has 0 radical (unpaired) electrons. The summed E-state index contributed by atoms with van der Waals surface area (Å²) in [6.45, 7) is 1.05. The molecule has 0 aliphatic rings. The van der Waals surface area contributed by atoms with Gasteiger partial charge in [0.15, 0.2) is 0 Å². The second-order valence-corrected chi connectivity index (χ2v) is 5.18. The second-order valence-electron chi connectivity index (χ2n) is 5.18. The number of carbonyl (C=O) groups excluding carboxylic acids is 2. The molecule has 1 aromatic heterocycles. The molecule has 0 spiro atoms. The first-order chi connectivity index (χ1) is 11.7. The zero-order valence-corrected chi connectivity index (χ0v) is 13.4. The number of pyridine rings is 1. The summed E-state index contributed by atoms with van der Waals surface area (Å²) in [4.78, 5) is 27.3. The fourth-order valence-corrected chi connectivity index (χ4v) is 1.98. The fourth-order valence-electron chi connectivity index (χ4n) is 1.98. The highest BCUT2D eigenvalue weighted by atomic mass is 16.5. The molecule has 0 saturated carbocycles. The Morgan fingerprint density at radius 1 is 1.00 bits per heavy atom. The van der Waals surface area contributed by atoms with Crippen LogP contribution >= 0.6 is 0 Å². The Balaban J connectivity index is 1.52. The number of nitrogens with one attached hydrogen (secondary N) is 2. The number of benzene rings is 1. The summed E-state index contributed by atoms with van der Waals surface area (Å²) in [5.74, 6) is -0.269. The number of aromatic nitrogens is 1. The molecule has 0 saturated heterocycles. The molecular formula is C18H21N3O3. The van der Waals surface area contributed by atoms with Gasteiger partial charge in [0.2, 0.25) is 0 Å². The topological polar surface area (TPSA) is 80.3 Å². The Bertz CT molecular complexity index is 575. The molecule has 2 aromatic rings. The molecule has 1 heterocycles. The molecule has 0 fully saturated rings. The fraction of sp³-hybridized carbons (Fsp3) is 0.278. The van der Waals surface area contributed by atoms with E-state index in [1.165, 1.54) is 0 Å². The molecule has 2 N–H and O–H groups in total. The van der Waals surface area contributed by atoms with E-state index in [1.54, 1.807) is 6.20 Å². The molecule has 1 aromatic carbocycles. The number of amides is 2. The zero-order valence-electron chi connectivity index (χ0n) is 13.4. The first-order valence-electron chi connectivity index (χ1n) is 7.85. The number of rotatable bonds is 8. The van der Waals surface area contributed by atoms with Gasteiger partial charge in [0.05, 0.1) is 12.2 Å². The van der Waals surface area contributed by atoms with Crippen LogP contribution in [0.15, 0.2) is 54.7 Å². The number of nitrogens with zero attached hydrogens (tertiary/aromatic N) is 1. The maximum absolute atomic E-state index is 11.6. The number of hydrogen-bond acceptors (Lipinski definition) is 4. The number of esters is 1. The van der Waals surface area contributed by atoms with Crippen LogP contribution in [0.3, 0.4) is 0 Å². The Labute approximate surface area is 141 Å². The van der Waals surface area contributed by atoms with Crippen LogP contribution in [-0.2, 0) is 22.7 Å². The predicted octanol–water partition coefficient (Wildman–Crippen LogP) is 2.40. The van der Waals surface area contributed by atoms with Crippen LogP contribution in [-0.4, -0.2) is 23.5 Å². The van der Waals surface area contributed by atoms with Gasteiger partial charge in [-0.3, -0.25) is 9.78 Å². The van der Waals surface area contributed by atoms with Gasteiger partial charge >= 0.3 is 12.0 Å². The van der Waals surface area contributed by atoms with Crippen LogP contribution in [0.1, 0.15) is 24.1 Å². The molecule has 2 rings (SSSR count). The van der Waals surface area contributed by atoms with Gasteiger partial charge in [-0.25, -0.2) is 4.79 Å². The van der Waals surface area contributed by atoms with E-state index in [-0.39, 0.29) is 25.0 Å². The van der Waals surface area contributed by atoms with Crippen molar-refractivity contribution >= 4 is 12.0 Å². The number of hydrogen-bond donors (Lipinski definition) is 2. The van der Waals surface area contributed by atoms with Crippen molar-refractivity contribution in [2.75, 3.05) is 6.54 Å². The van der Waals surface area contributed by atoms with Crippen LogP contribution in [0, 0.1) is 0 Å². The van der Waals surface area contributed by atoms with E-state index in [0.29, 0.717) is 19.5 Å². The standard InChI is InChI=1S/C18H21N3O3/c22-17(24-14-15-7-2-1-3-8-15)10-6-12-20-18(23)21-13-16-9-4-5-11-19-16/h1-5,7-9,11H,6,10,12-14H2,(H2,20,21,23). The third kappa shape index (κ3) is 6.91. The van der Waals surface area contributed by atoms with E-state index in [4.69, 9.17) is 4.74 Å². The third-order valence-corrected chi connectivity index (χ3v) is 3.24. The highest BCUT2D eigenvalue weighted by molar-refractivity contribution is 5.74. The van der Waals surface area contributed by atoms with E-state index in [2.05, 4.69) is 15.6 Å². The molecule has 0 aliphatic carbocycles. The predicted molar refractivity (Wildman–Crippen MR) is 89.9 cm³/mol. The molecule has 0 atom stereocenters. The number of ether oxygens (including phenoxy) is 1. The van der Waals surface area contributed by atoms with Crippen molar-refractivity contribution in [2.45, 2.75) is 26.0 Å². The summed E-state index contributed by atoms with van der Waals surface area (Å²) in [5.41, 5.74) is 1.75. The lowest BCUT2D eigenvalue weighted by Crippen LogP contribution is -2.35. The van der Waals surface area contributed by atoms with Crippen molar-refractivity contribution in [3.05, 3.63) is 66.0 Å². The van der Waals surface area contributed by atoms with Gasteiger partial charge in [0, 0.05) is 19.2 Å². The van der Waals surface area contributed by atoms with E-state index in [0.717, 1.165) is 11.3 Å². The van der Waals surface area contributed by atoms with Gasteiger partial charge in [-0.2, -0.15) is 0 Å². The average Bonchev–Trinajstić information content (AvgIpc) is 2.63. The van der Waals surface area contributed by atoms with Crippen LogP contribution in [0.4, 0.5) is 4.79 Å². The number of urea groups is 1. The molecule has 0 bridgehead atoms. The monoisotopic (exact) mass is 327 g/mol. The first-order valence-corrected chi connectivity index (χ1v) is 7.85. The summed E-state index contributed by atoms with van der Waals surface area (Å²) in [5, 5.41) is 5.40. The smallest absolute Gasteiger partial charge is 0.315 e. The Kier molecular flexibility index (Phi) is 7.27. The van der Waals surface area contributed by atoms with Gasteiger partial charge in [0.1, 0.15) is 6.61 Å². The molecule has 6 heteroatoms. The molecular weight excluding hydrogens is 306 g/mol. The van der Waals surface area contributed by atoms with Gasteiger partial charge in [0.25, 0.3) is 0 Å². The third-order valence-electron chi connectivity index (χ3n) is 3.24. The molecule has 6 nitrogen and oxygen atoms in total. The number of carbonyl (C=O) groups is 2. The van der Waals surface area contributed by atoms with Crippen molar-refractivity contribution in [1.82, 2.24) is 15.6 Å². The van der Waals surface area contributed by atoms with E-state index < -0.39 is 0 Å². The lowest BCUT2D eigenvalue weighted by atomic mass is 10.2. The molecule has 0 aliphatic heterocycles. The van der Waals surface area contributed by atoms with E-state index in [9.17, 15) is 9.59 Å². The first kappa shape index (κ1) is 17.5. The Morgan fingerprint density at radius 2 is 1.79 bits per heavy atom. The van der Waals surface area contributed by atoms with Crippen molar-refractivity contribution in [3.8, 4) is 0 Å². The Hall–Kier alpha value is -2.89. The Morgan fingerprint density at radius 3 is 2.54 bits per heavy atom. The minimum Gasteiger partial charge on any atom is -0.461 e. The van der Waals surface area contributed by atoms with Gasteiger partial charge in [-0.15, -0.1) is 0 Å². The minimum atomic E-state index is -0.279. The SMILES string of the molecule is O=C(NCCCC(=O)OCc1ccccc1)NCc1ccccn1. The van der Waals surface area contributed by atoms with Crippen molar-refractivity contribution in [2.24, 2.45) is 0 Å². The summed E-state index contributed by atoms with van der Waals surface area (Å²) < 4.78 is 5.16. The molecule has 126 valence electrons. The zero-order chi connectivity index (χ0) is 17.0.